The molecule has 2 aromatic rings. The van der Waals surface area contributed by atoms with Gasteiger partial charge in [0.15, 0.2) is 11.5 Å². The number of hydrogen-bond donors (Lipinski definition) is 2. The molecular weight excluding hydrogens is 268 g/mol. The van der Waals surface area contributed by atoms with Gasteiger partial charge in [-0.3, -0.25) is 0 Å². The van der Waals surface area contributed by atoms with Crippen LogP contribution in [0.2, 0.25) is 0 Å². The second-order valence-corrected chi connectivity index (χ2v) is 4.87. The maximum absolute atomic E-state index is 10.8. The Balaban J connectivity index is 2.66. The lowest BCUT2D eigenvalue weighted by molar-refractivity contribution is 0.143. The number of rotatable bonds is 4. The molecule has 4 heteroatoms. The number of carbonyl (C=O) groups is 1. The molecule has 2 aromatic carbocycles. The van der Waals surface area contributed by atoms with Crippen LogP contribution in [-0.4, -0.2) is 16.4 Å². The third-order valence-corrected chi connectivity index (χ3v) is 3.41. The van der Waals surface area contributed by atoms with Crippen LogP contribution in [0.3, 0.4) is 0 Å². The van der Waals surface area contributed by atoms with E-state index >= 15 is 0 Å². The van der Waals surface area contributed by atoms with Gasteiger partial charge in [-0.05, 0) is 36.1 Å². The van der Waals surface area contributed by atoms with Crippen molar-refractivity contribution in [1.29, 1.82) is 0 Å². The number of aryl methyl sites for hydroxylation is 1. The van der Waals surface area contributed by atoms with Crippen molar-refractivity contribution >= 4 is 6.16 Å². The first kappa shape index (κ1) is 14.9. The molecule has 4 nitrogen and oxygen atoms in total. The summed E-state index contributed by atoms with van der Waals surface area (Å²) in [5.74, 6) is -0.156. The minimum Gasteiger partial charge on any atom is -0.504 e. The third kappa shape index (κ3) is 3.16. The molecule has 0 saturated carbocycles. The van der Waals surface area contributed by atoms with Crippen LogP contribution in [0, 0.1) is 6.92 Å². The van der Waals surface area contributed by atoms with Crippen LogP contribution in [0.25, 0.3) is 11.1 Å². The summed E-state index contributed by atoms with van der Waals surface area (Å²) in [7, 11) is 0. The van der Waals surface area contributed by atoms with Gasteiger partial charge in [-0.2, -0.15) is 0 Å². The maximum Gasteiger partial charge on any atom is 0.511 e. The topological polar surface area (TPSA) is 66.8 Å². The first-order valence-corrected chi connectivity index (χ1v) is 6.86. The Kier molecular flexibility index (Phi) is 4.48. The predicted octanol–water partition coefficient (Wildman–Crippen LogP) is 4.38. The molecule has 0 aliphatic carbocycles. The molecule has 2 N–H and O–H groups in total. The summed E-state index contributed by atoms with van der Waals surface area (Å²) >= 11 is 0. The van der Waals surface area contributed by atoms with E-state index in [1.807, 2.05) is 44.2 Å². The Hall–Kier alpha value is -2.49. The summed E-state index contributed by atoms with van der Waals surface area (Å²) in [6, 6.07) is 11.0. The molecule has 2 rings (SSSR count). The number of carboxylic acid groups (broad SMARTS) is 1. The van der Waals surface area contributed by atoms with Crippen molar-refractivity contribution < 1.29 is 19.7 Å². The standard InChI is InChI=1S/C17H18O4/c1-3-7-13-10-14(21-17(19)20)16(18)15(11(13)2)12-8-5-4-6-9-12/h4-6,8-10,18H,3,7H2,1-2H3,(H,19,20). The van der Waals surface area contributed by atoms with E-state index < -0.39 is 6.16 Å². The van der Waals surface area contributed by atoms with Gasteiger partial charge in [-0.25, -0.2) is 4.79 Å². The SMILES string of the molecule is CCCc1cc(OC(=O)O)c(O)c(-c2ccccc2)c1C. The van der Waals surface area contributed by atoms with E-state index in [1.165, 1.54) is 0 Å². The summed E-state index contributed by atoms with van der Waals surface area (Å²) in [5, 5.41) is 19.2. The Morgan fingerprint density at radius 1 is 1.24 bits per heavy atom. The lowest BCUT2D eigenvalue weighted by Crippen LogP contribution is -2.05. The van der Waals surface area contributed by atoms with E-state index in [4.69, 9.17) is 9.84 Å². The van der Waals surface area contributed by atoms with E-state index in [0.29, 0.717) is 5.56 Å². The molecular formula is C17H18O4. The smallest absolute Gasteiger partial charge is 0.504 e. The van der Waals surface area contributed by atoms with E-state index in [2.05, 4.69) is 0 Å². The maximum atomic E-state index is 10.8. The van der Waals surface area contributed by atoms with E-state index in [1.54, 1.807) is 6.07 Å². The van der Waals surface area contributed by atoms with Crippen molar-refractivity contribution in [1.82, 2.24) is 0 Å². The van der Waals surface area contributed by atoms with Gasteiger partial charge in [0.1, 0.15) is 0 Å². The first-order valence-electron chi connectivity index (χ1n) is 6.86. The summed E-state index contributed by atoms with van der Waals surface area (Å²) in [6.07, 6.45) is 0.282. The van der Waals surface area contributed by atoms with Gasteiger partial charge in [0.05, 0.1) is 0 Å². The van der Waals surface area contributed by atoms with Crippen molar-refractivity contribution in [3.63, 3.8) is 0 Å². The van der Waals surface area contributed by atoms with Crippen LogP contribution in [0.4, 0.5) is 4.79 Å². The molecule has 0 spiro atoms. The summed E-state index contributed by atoms with van der Waals surface area (Å²) < 4.78 is 4.72. The lowest BCUT2D eigenvalue weighted by Gasteiger charge is -2.16. The number of ether oxygens (including phenoxy) is 1. The quantitative estimate of drug-likeness (QED) is 0.646. The number of phenolic OH excluding ortho intramolecular Hbond substituents is 1. The fraction of sp³-hybridized carbons (Fsp3) is 0.235. The van der Waals surface area contributed by atoms with Crippen LogP contribution in [0.5, 0.6) is 11.5 Å². The van der Waals surface area contributed by atoms with Crippen molar-refractivity contribution in [3.05, 3.63) is 47.5 Å². The minimum absolute atomic E-state index is 0.0181. The largest absolute Gasteiger partial charge is 0.511 e. The van der Waals surface area contributed by atoms with Crippen molar-refractivity contribution in [2.24, 2.45) is 0 Å². The molecule has 0 aromatic heterocycles. The highest BCUT2D eigenvalue weighted by Gasteiger charge is 2.18. The lowest BCUT2D eigenvalue weighted by atomic mass is 9.93. The molecule has 0 aliphatic rings. The average molecular weight is 286 g/mol. The Morgan fingerprint density at radius 2 is 1.90 bits per heavy atom. The summed E-state index contributed by atoms with van der Waals surface area (Å²) in [4.78, 5) is 10.8. The van der Waals surface area contributed by atoms with Gasteiger partial charge >= 0.3 is 6.16 Å². The van der Waals surface area contributed by atoms with Gasteiger partial charge in [-0.15, -0.1) is 0 Å². The van der Waals surface area contributed by atoms with E-state index in [0.717, 1.165) is 29.5 Å². The molecule has 0 fully saturated rings. The molecule has 110 valence electrons. The molecule has 0 radical (unpaired) electrons. The van der Waals surface area contributed by atoms with Crippen LogP contribution >= 0.6 is 0 Å². The highest BCUT2D eigenvalue weighted by Crippen LogP contribution is 2.41. The van der Waals surface area contributed by atoms with Crippen molar-refractivity contribution in [3.8, 4) is 22.6 Å². The predicted molar refractivity (Wildman–Crippen MR) is 80.9 cm³/mol. The zero-order valence-electron chi connectivity index (χ0n) is 12.1. The number of hydrogen-bond acceptors (Lipinski definition) is 3. The van der Waals surface area contributed by atoms with Crippen LogP contribution in [-0.2, 0) is 6.42 Å². The van der Waals surface area contributed by atoms with Crippen LogP contribution in [0.15, 0.2) is 36.4 Å². The van der Waals surface area contributed by atoms with Gasteiger partial charge in [0.2, 0.25) is 0 Å². The van der Waals surface area contributed by atoms with E-state index in [9.17, 15) is 9.90 Å². The molecule has 0 aliphatic heterocycles. The Bertz CT molecular complexity index is 648. The third-order valence-electron chi connectivity index (χ3n) is 3.41. The Labute approximate surface area is 123 Å². The molecule has 0 saturated heterocycles. The number of benzene rings is 2. The zero-order chi connectivity index (χ0) is 15.4. The fourth-order valence-corrected chi connectivity index (χ4v) is 2.46. The highest BCUT2D eigenvalue weighted by atomic mass is 16.7. The highest BCUT2D eigenvalue weighted by molar-refractivity contribution is 5.79. The second-order valence-electron chi connectivity index (χ2n) is 4.87. The van der Waals surface area contributed by atoms with Crippen LogP contribution < -0.4 is 4.74 Å². The molecule has 21 heavy (non-hydrogen) atoms. The second kappa shape index (κ2) is 6.31. The fourth-order valence-electron chi connectivity index (χ4n) is 2.46. The van der Waals surface area contributed by atoms with Crippen molar-refractivity contribution in [2.45, 2.75) is 26.7 Å². The molecule has 0 amide bonds. The van der Waals surface area contributed by atoms with Gasteiger partial charge in [-0.1, -0.05) is 43.7 Å². The summed E-state index contributed by atoms with van der Waals surface area (Å²) in [5.41, 5.74) is 3.38. The van der Waals surface area contributed by atoms with Crippen LogP contribution in [0.1, 0.15) is 24.5 Å². The molecule has 0 unspecified atom stereocenters. The summed E-state index contributed by atoms with van der Waals surface area (Å²) in [6.45, 7) is 3.98. The molecule has 0 heterocycles. The van der Waals surface area contributed by atoms with Crippen molar-refractivity contribution in [2.75, 3.05) is 0 Å². The zero-order valence-corrected chi connectivity index (χ0v) is 12.1. The first-order chi connectivity index (χ1) is 10.0. The number of phenols is 1. The van der Waals surface area contributed by atoms with Gasteiger partial charge in [0.25, 0.3) is 0 Å². The molecule has 0 atom stereocenters. The molecule has 0 bridgehead atoms. The normalized spacial score (nSPS) is 10.4. The minimum atomic E-state index is -1.43. The Morgan fingerprint density at radius 3 is 2.48 bits per heavy atom. The number of aromatic hydroxyl groups is 1. The van der Waals surface area contributed by atoms with Gasteiger partial charge < -0.3 is 14.9 Å². The van der Waals surface area contributed by atoms with E-state index in [-0.39, 0.29) is 11.5 Å². The monoisotopic (exact) mass is 286 g/mol. The van der Waals surface area contributed by atoms with Gasteiger partial charge in [0, 0.05) is 5.56 Å². The average Bonchev–Trinajstić information content (AvgIpc) is 2.45.